The Kier molecular flexibility index (Phi) is 10.3. The van der Waals surface area contributed by atoms with Gasteiger partial charge in [-0.15, -0.1) is 0 Å². The second-order valence-corrected chi connectivity index (χ2v) is 10.8. The lowest BCUT2D eigenvalue weighted by molar-refractivity contribution is -0.133. The van der Waals surface area contributed by atoms with Crippen LogP contribution in [0, 0.1) is 0 Å². The first-order valence-electron chi connectivity index (χ1n) is 14.1. The number of carbonyl (C=O) groups excluding carboxylic acids is 2. The van der Waals surface area contributed by atoms with Crippen molar-refractivity contribution >= 4 is 17.5 Å². The van der Waals surface area contributed by atoms with Gasteiger partial charge < -0.3 is 9.80 Å². The molecule has 0 N–H and O–H groups in total. The highest BCUT2D eigenvalue weighted by Gasteiger charge is 2.25. The van der Waals surface area contributed by atoms with Crippen molar-refractivity contribution in [3.63, 3.8) is 0 Å². The first-order chi connectivity index (χ1) is 18.4. The Bertz CT molecular complexity index is 1040. The van der Waals surface area contributed by atoms with E-state index in [1.807, 2.05) is 46.3 Å². The quantitative estimate of drug-likeness (QED) is 0.604. The SMILES string of the molecule is CC(=O)N1CCCN(Cc2ccccn2)CCCN(C(=O)CN2CCN(C(C)C)CC2)Cc2ccccc21. The zero-order valence-electron chi connectivity index (χ0n) is 23.4. The minimum atomic E-state index is 0.0340. The number of nitrogens with zero attached hydrogens (tertiary/aromatic N) is 6. The van der Waals surface area contributed by atoms with Crippen LogP contribution in [0.3, 0.4) is 0 Å². The van der Waals surface area contributed by atoms with Gasteiger partial charge in [-0.05, 0) is 50.5 Å². The molecule has 1 aromatic carbocycles. The molecule has 2 aliphatic rings. The average molecular weight is 521 g/mol. The molecule has 38 heavy (non-hydrogen) atoms. The van der Waals surface area contributed by atoms with Gasteiger partial charge in [0.1, 0.15) is 0 Å². The maximum absolute atomic E-state index is 13.7. The van der Waals surface area contributed by atoms with E-state index in [0.717, 1.165) is 75.6 Å². The summed E-state index contributed by atoms with van der Waals surface area (Å²) >= 11 is 0. The fourth-order valence-electron chi connectivity index (χ4n) is 5.51. The number of para-hydroxylation sites is 1. The van der Waals surface area contributed by atoms with Crippen molar-refractivity contribution < 1.29 is 9.59 Å². The van der Waals surface area contributed by atoms with E-state index >= 15 is 0 Å². The van der Waals surface area contributed by atoms with Gasteiger partial charge in [-0.3, -0.25) is 29.3 Å². The van der Waals surface area contributed by atoms with E-state index in [1.165, 1.54) is 0 Å². The Morgan fingerprint density at radius 1 is 0.842 bits per heavy atom. The third kappa shape index (κ3) is 7.85. The molecule has 2 aromatic rings. The van der Waals surface area contributed by atoms with Crippen LogP contribution in [0.2, 0.25) is 0 Å². The van der Waals surface area contributed by atoms with E-state index in [-0.39, 0.29) is 11.8 Å². The second-order valence-electron chi connectivity index (χ2n) is 10.8. The minimum absolute atomic E-state index is 0.0340. The molecule has 2 amide bonds. The monoisotopic (exact) mass is 520 g/mol. The van der Waals surface area contributed by atoms with Crippen LogP contribution >= 0.6 is 0 Å². The maximum Gasteiger partial charge on any atom is 0.237 e. The van der Waals surface area contributed by atoms with Crippen LogP contribution in [-0.4, -0.2) is 101 Å². The molecule has 0 bridgehead atoms. The van der Waals surface area contributed by atoms with Crippen LogP contribution in [0.4, 0.5) is 5.69 Å². The summed E-state index contributed by atoms with van der Waals surface area (Å²) in [5.41, 5.74) is 2.99. The van der Waals surface area contributed by atoms with E-state index in [9.17, 15) is 9.59 Å². The third-order valence-electron chi connectivity index (χ3n) is 7.74. The predicted molar refractivity (Wildman–Crippen MR) is 152 cm³/mol. The molecule has 0 spiro atoms. The van der Waals surface area contributed by atoms with Crippen molar-refractivity contribution in [3.8, 4) is 0 Å². The summed E-state index contributed by atoms with van der Waals surface area (Å²) in [6.45, 7) is 14.8. The molecule has 8 heteroatoms. The lowest BCUT2D eigenvalue weighted by Gasteiger charge is -2.37. The van der Waals surface area contributed by atoms with Gasteiger partial charge in [-0.1, -0.05) is 24.3 Å². The summed E-state index contributed by atoms with van der Waals surface area (Å²) in [7, 11) is 0. The number of rotatable bonds is 5. The molecule has 206 valence electrons. The zero-order chi connectivity index (χ0) is 26.9. The number of benzene rings is 1. The molecule has 1 saturated heterocycles. The van der Waals surface area contributed by atoms with Crippen LogP contribution in [0.1, 0.15) is 44.9 Å². The van der Waals surface area contributed by atoms with Crippen molar-refractivity contribution in [2.75, 3.05) is 63.8 Å². The zero-order valence-corrected chi connectivity index (χ0v) is 23.4. The fourth-order valence-corrected chi connectivity index (χ4v) is 5.51. The molecule has 8 nitrogen and oxygen atoms in total. The Hall–Kier alpha value is -2.81. The van der Waals surface area contributed by atoms with Gasteiger partial charge in [0.25, 0.3) is 0 Å². The average Bonchev–Trinajstić information content (AvgIpc) is 2.90. The molecule has 0 unspecified atom stereocenters. The summed E-state index contributed by atoms with van der Waals surface area (Å²) in [5.74, 6) is 0.201. The van der Waals surface area contributed by atoms with Gasteiger partial charge in [0.2, 0.25) is 11.8 Å². The molecular formula is C30H44N6O2. The number of amides is 2. The van der Waals surface area contributed by atoms with Crippen molar-refractivity contribution in [2.24, 2.45) is 0 Å². The molecular weight excluding hydrogens is 476 g/mol. The van der Waals surface area contributed by atoms with E-state index in [2.05, 4.69) is 45.7 Å². The second kappa shape index (κ2) is 13.8. The van der Waals surface area contributed by atoms with Gasteiger partial charge in [0.15, 0.2) is 0 Å². The first-order valence-corrected chi connectivity index (χ1v) is 14.1. The predicted octanol–water partition coefficient (Wildman–Crippen LogP) is 3.09. The molecule has 0 saturated carbocycles. The summed E-state index contributed by atoms with van der Waals surface area (Å²) in [6.07, 6.45) is 3.62. The molecule has 2 aliphatic heterocycles. The minimum Gasteiger partial charge on any atom is -0.337 e. The smallest absolute Gasteiger partial charge is 0.237 e. The van der Waals surface area contributed by atoms with Crippen molar-refractivity contribution in [1.29, 1.82) is 0 Å². The lowest BCUT2D eigenvalue weighted by Crippen LogP contribution is -2.51. The normalized spacial score (nSPS) is 19.1. The molecule has 1 aromatic heterocycles. The van der Waals surface area contributed by atoms with Gasteiger partial charge in [-0.2, -0.15) is 0 Å². The molecule has 0 radical (unpaired) electrons. The summed E-state index contributed by atoms with van der Waals surface area (Å²) in [6, 6.07) is 14.6. The molecule has 0 atom stereocenters. The molecule has 1 fully saturated rings. The van der Waals surface area contributed by atoms with Gasteiger partial charge in [0.05, 0.1) is 12.2 Å². The van der Waals surface area contributed by atoms with Gasteiger partial charge in [-0.25, -0.2) is 0 Å². The van der Waals surface area contributed by atoms with Crippen LogP contribution in [0.15, 0.2) is 48.7 Å². The summed E-state index contributed by atoms with van der Waals surface area (Å²) in [5, 5.41) is 0. The van der Waals surface area contributed by atoms with E-state index in [1.54, 1.807) is 6.92 Å². The van der Waals surface area contributed by atoms with E-state index in [4.69, 9.17) is 0 Å². The van der Waals surface area contributed by atoms with E-state index < -0.39 is 0 Å². The number of carbonyl (C=O) groups is 2. The lowest BCUT2D eigenvalue weighted by atomic mass is 10.1. The molecule has 0 aliphatic carbocycles. The number of pyridine rings is 1. The summed E-state index contributed by atoms with van der Waals surface area (Å²) < 4.78 is 0. The molecule has 3 heterocycles. The number of fused-ring (bicyclic) bond motifs is 1. The highest BCUT2D eigenvalue weighted by atomic mass is 16.2. The van der Waals surface area contributed by atoms with Crippen LogP contribution in [0.25, 0.3) is 0 Å². The Morgan fingerprint density at radius 3 is 2.24 bits per heavy atom. The number of hydrogen-bond acceptors (Lipinski definition) is 6. The van der Waals surface area contributed by atoms with Crippen LogP contribution < -0.4 is 4.90 Å². The first kappa shape index (κ1) is 28.2. The maximum atomic E-state index is 13.7. The van der Waals surface area contributed by atoms with Crippen LogP contribution in [-0.2, 0) is 22.7 Å². The van der Waals surface area contributed by atoms with Gasteiger partial charge in [0, 0.05) is 90.3 Å². The Labute approximate surface area is 228 Å². The number of piperazine rings is 1. The molecule has 4 rings (SSSR count). The highest BCUT2D eigenvalue weighted by molar-refractivity contribution is 5.92. The Morgan fingerprint density at radius 2 is 1.55 bits per heavy atom. The van der Waals surface area contributed by atoms with Crippen molar-refractivity contribution in [1.82, 2.24) is 24.6 Å². The van der Waals surface area contributed by atoms with Crippen molar-refractivity contribution in [2.45, 2.75) is 52.7 Å². The number of aromatic nitrogens is 1. The van der Waals surface area contributed by atoms with Gasteiger partial charge >= 0.3 is 0 Å². The largest absolute Gasteiger partial charge is 0.337 e. The number of hydrogen-bond donors (Lipinski definition) is 0. The summed E-state index contributed by atoms with van der Waals surface area (Å²) in [4.78, 5) is 41.9. The third-order valence-corrected chi connectivity index (χ3v) is 7.74. The number of anilines is 1. The van der Waals surface area contributed by atoms with E-state index in [0.29, 0.717) is 32.2 Å². The van der Waals surface area contributed by atoms with Crippen LogP contribution in [0.5, 0.6) is 0 Å². The Balaban J connectivity index is 1.51. The van der Waals surface area contributed by atoms with Crippen molar-refractivity contribution in [3.05, 3.63) is 59.9 Å². The topological polar surface area (TPSA) is 63.2 Å². The highest BCUT2D eigenvalue weighted by Crippen LogP contribution is 2.24. The standard InChI is InChI=1S/C30H44N6O2/c1-25(2)34-20-18-33(19-21-34)24-30(38)35-16-8-14-32(23-28-11-6-7-13-31-28)15-9-17-36(26(3)37)29-12-5-4-10-27(29)22-35/h4-7,10-13,25H,8-9,14-24H2,1-3H3. The fraction of sp³-hybridized carbons (Fsp3) is 0.567.